The predicted molar refractivity (Wildman–Crippen MR) is 62.1 cm³/mol. The van der Waals surface area contributed by atoms with E-state index in [0.717, 1.165) is 19.4 Å². The number of piperidine rings is 2. The minimum absolute atomic E-state index is 0.0248. The van der Waals surface area contributed by atoms with Crippen LogP contribution in [-0.4, -0.2) is 47.2 Å². The number of hydrogen-bond acceptors (Lipinski definition) is 3. The van der Waals surface area contributed by atoms with E-state index in [1.54, 1.807) is 0 Å². The Morgan fingerprint density at radius 3 is 2.62 bits per heavy atom. The Morgan fingerprint density at radius 2 is 2.06 bits per heavy atom. The van der Waals surface area contributed by atoms with E-state index in [4.69, 9.17) is 0 Å². The van der Waals surface area contributed by atoms with E-state index in [1.807, 2.05) is 11.8 Å². The van der Waals surface area contributed by atoms with Crippen LogP contribution in [0.15, 0.2) is 0 Å². The van der Waals surface area contributed by atoms with Gasteiger partial charge in [-0.15, -0.1) is 0 Å². The zero-order chi connectivity index (χ0) is 11.6. The molecule has 92 valence electrons. The number of carbonyl (C=O) groups is 1. The van der Waals surface area contributed by atoms with Crippen molar-refractivity contribution in [3.63, 3.8) is 0 Å². The van der Waals surface area contributed by atoms with Crippen LogP contribution in [0.1, 0.15) is 39.0 Å². The van der Waals surface area contributed by atoms with Gasteiger partial charge in [-0.3, -0.25) is 4.79 Å². The van der Waals surface area contributed by atoms with E-state index in [2.05, 4.69) is 5.32 Å². The van der Waals surface area contributed by atoms with Crippen LogP contribution in [0.5, 0.6) is 0 Å². The van der Waals surface area contributed by atoms with Crippen molar-refractivity contribution in [3.05, 3.63) is 0 Å². The van der Waals surface area contributed by atoms with Crippen LogP contribution in [0.25, 0.3) is 0 Å². The average molecular weight is 226 g/mol. The fraction of sp³-hybridized carbons (Fsp3) is 0.917. The molecule has 0 aliphatic carbocycles. The number of carbonyl (C=O) groups excluding carboxylic acids is 1. The third-order valence-electron chi connectivity index (χ3n) is 3.76. The third kappa shape index (κ3) is 2.74. The molecule has 2 N–H and O–H groups in total. The van der Waals surface area contributed by atoms with Crippen molar-refractivity contribution in [2.24, 2.45) is 0 Å². The van der Waals surface area contributed by atoms with Gasteiger partial charge in [0.15, 0.2) is 0 Å². The number of likely N-dealkylation sites (tertiary alicyclic amines) is 1. The van der Waals surface area contributed by atoms with Crippen LogP contribution >= 0.6 is 0 Å². The minimum atomic E-state index is -0.573. The summed E-state index contributed by atoms with van der Waals surface area (Å²) < 4.78 is 0. The molecular weight excluding hydrogens is 204 g/mol. The van der Waals surface area contributed by atoms with Crippen molar-refractivity contribution in [2.75, 3.05) is 19.6 Å². The first-order valence-electron chi connectivity index (χ1n) is 6.33. The minimum Gasteiger partial charge on any atom is -0.390 e. The highest BCUT2D eigenvalue weighted by atomic mass is 16.3. The first-order chi connectivity index (χ1) is 7.58. The van der Waals surface area contributed by atoms with Crippen LogP contribution in [0.3, 0.4) is 0 Å². The van der Waals surface area contributed by atoms with Crippen molar-refractivity contribution >= 4 is 5.91 Å². The molecule has 0 saturated carbocycles. The van der Waals surface area contributed by atoms with E-state index in [-0.39, 0.29) is 11.9 Å². The Labute approximate surface area is 97.0 Å². The van der Waals surface area contributed by atoms with Gasteiger partial charge in [0, 0.05) is 13.1 Å². The van der Waals surface area contributed by atoms with Gasteiger partial charge in [0.2, 0.25) is 5.91 Å². The Morgan fingerprint density at radius 1 is 1.38 bits per heavy atom. The van der Waals surface area contributed by atoms with Crippen molar-refractivity contribution in [3.8, 4) is 0 Å². The molecule has 16 heavy (non-hydrogen) atoms. The van der Waals surface area contributed by atoms with Crippen LogP contribution in [0, 0.1) is 0 Å². The summed E-state index contributed by atoms with van der Waals surface area (Å²) >= 11 is 0. The lowest BCUT2D eigenvalue weighted by Crippen LogP contribution is -2.53. The van der Waals surface area contributed by atoms with E-state index in [0.29, 0.717) is 25.9 Å². The summed E-state index contributed by atoms with van der Waals surface area (Å²) in [6.45, 7) is 4.21. The monoisotopic (exact) mass is 226 g/mol. The largest absolute Gasteiger partial charge is 0.390 e. The molecule has 0 bridgehead atoms. The molecule has 2 rings (SSSR count). The maximum absolute atomic E-state index is 12.1. The van der Waals surface area contributed by atoms with Gasteiger partial charge in [-0.05, 0) is 39.2 Å². The summed E-state index contributed by atoms with van der Waals surface area (Å²) in [6.07, 6.45) is 4.69. The van der Waals surface area contributed by atoms with E-state index in [1.165, 1.54) is 6.42 Å². The smallest absolute Gasteiger partial charge is 0.239 e. The molecule has 4 nitrogen and oxygen atoms in total. The quantitative estimate of drug-likeness (QED) is 0.684. The van der Waals surface area contributed by atoms with Crippen molar-refractivity contribution in [2.45, 2.75) is 50.7 Å². The van der Waals surface area contributed by atoms with Gasteiger partial charge < -0.3 is 15.3 Å². The fourth-order valence-corrected chi connectivity index (χ4v) is 2.49. The molecule has 0 spiro atoms. The van der Waals surface area contributed by atoms with Gasteiger partial charge in [-0.2, -0.15) is 0 Å². The summed E-state index contributed by atoms with van der Waals surface area (Å²) in [5, 5.41) is 13.1. The van der Waals surface area contributed by atoms with Gasteiger partial charge >= 0.3 is 0 Å². The van der Waals surface area contributed by atoms with E-state index >= 15 is 0 Å². The Balaban J connectivity index is 1.86. The lowest BCUT2D eigenvalue weighted by atomic mass is 9.93. The van der Waals surface area contributed by atoms with Crippen molar-refractivity contribution < 1.29 is 9.90 Å². The SMILES string of the molecule is CC1(O)CCN(C(=O)[C@H]2CCCCN2)CC1. The number of nitrogens with one attached hydrogen (secondary N) is 1. The molecule has 4 heteroatoms. The second-order valence-electron chi connectivity index (χ2n) is 5.32. The second-order valence-corrected chi connectivity index (χ2v) is 5.32. The van der Waals surface area contributed by atoms with Crippen LogP contribution in [0.2, 0.25) is 0 Å². The topological polar surface area (TPSA) is 52.6 Å². The van der Waals surface area contributed by atoms with Gasteiger partial charge in [-0.25, -0.2) is 0 Å². The molecule has 1 amide bonds. The number of nitrogens with zero attached hydrogens (tertiary/aromatic N) is 1. The van der Waals surface area contributed by atoms with Gasteiger partial charge in [0.25, 0.3) is 0 Å². The summed E-state index contributed by atoms with van der Waals surface area (Å²) in [6, 6.07) is 0.0248. The lowest BCUT2D eigenvalue weighted by molar-refractivity contribution is -0.137. The van der Waals surface area contributed by atoms with Crippen molar-refractivity contribution in [1.82, 2.24) is 10.2 Å². The zero-order valence-electron chi connectivity index (χ0n) is 10.0. The standard InChI is InChI=1S/C12H22N2O2/c1-12(16)5-8-14(9-6-12)11(15)10-4-2-3-7-13-10/h10,13,16H,2-9H2,1H3/t10-/m1/s1. The fourth-order valence-electron chi connectivity index (χ4n) is 2.49. The first-order valence-corrected chi connectivity index (χ1v) is 6.33. The highest BCUT2D eigenvalue weighted by Crippen LogP contribution is 2.22. The second kappa shape index (κ2) is 4.72. The van der Waals surface area contributed by atoms with Gasteiger partial charge in [0.05, 0.1) is 11.6 Å². The van der Waals surface area contributed by atoms with E-state index < -0.39 is 5.60 Å². The van der Waals surface area contributed by atoms with Gasteiger partial charge in [0.1, 0.15) is 0 Å². The van der Waals surface area contributed by atoms with Crippen LogP contribution < -0.4 is 5.32 Å². The highest BCUT2D eigenvalue weighted by Gasteiger charge is 2.32. The molecule has 2 saturated heterocycles. The average Bonchev–Trinajstić information content (AvgIpc) is 2.29. The molecule has 2 aliphatic heterocycles. The number of aliphatic hydroxyl groups is 1. The molecule has 2 aliphatic rings. The molecule has 0 radical (unpaired) electrons. The molecule has 0 aromatic heterocycles. The Hall–Kier alpha value is -0.610. The maximum atomic E-state index is 12.1. The Kier molecular flexibility index (Phi) is 3.50. The molecule has 0 aromatic carbocycles. The van der Waals surface area contributed by atoms with E-state index in [9.17, 15) is 9.90 Å². The molecular formula is C12H22N2O2. The first kappa shape index (κ1) is 11.9. The number of amides is 1. The molecule has 2 heterocycles. The summed E-state index contributed by atoms with van der Waals surface area (Å²) in [5.74, 6) is 0.232. The third-order valence-corrected chi connectivity index (χ3v) is 3.76. The summed E-state index contributed by atoms with van der Waals surface area (Å²) in [7, 11) is 0. The normalized spacial score (nSPS) is 30.1. The molecule has 0 unspecified atom stereocenters. The van der Waals surface area contributed by atoms with Crippen LogP contribution in [0.4, 0.5) is 0 Å². The zero-order valence-corrected chi connectivity index (χ0v) is 10.0. The molecule has 0 aromatic rings. The maximum Gasteiger partial charge on any atom is 0.239 e. The summed E-state index contributed by atoms with van der Waals surface area (Å²) in [5.41, 5.74) is -0.573. The number of hydrogen-bond donors (Lipinski definition) is 2. The van der Waals surface area contributed by atoms with Gasteiger partial charge in [-0.1, -0.05) is 6.42 Å². The predicted octanol–water partition coefficient (Wildman–Crippen LogP) is 0.502. The Bertz CT molecular complexity index is 250. The highest BCUT2D eigenvalue weighted by molar-refractivity contribution is 5.82. The van der Waals surface area contributed by atoms with Crippen LogP contribution in [-0.2, 0) is 4.79 Å². The molecule has 2 fully saturated rings. The summed E-state index contributed by atoms with van der Waals surface area (Å²) in [4.78, 5) is 14.0. The lowest BCUT2D eigenvalue weighted by Gasteiger charge is -2.38. The van der Waals surface area contributed by atoms with Crippen molar-refractivity contribution in [1.29, 1.82) is 0 Å². The molecule has 1 atom stereocenters. The number of rotatable bonds is 1.